The molecule has 6 heteroatoms. The van der Waals surface area contributed by atoms with Gasteiger partial charge in [-0.25, -0.2) is 0 Å². The van der Waals surface area contributed by atoms with Gasteiger partial charge in [0.25, 0.3) is 0 Å². The Morgan fingerprint density at radius 1 is 1.14 bits per heavy atom. The molecular formula is C22H30IN3O2. The summed E-state index contributed by atoms with van der Waals surface area (Å²) < 4.78 is 5.75. The van der Waals surface area contributed by atoms with Crippen molar-refractivity contribution in [3.8, 4) is 5.75 Å². The fraction of sp³-hybridized carbons (Fsp3) is 0.409. The Hall–Kier alpha value is -1.80. The van der Waals surface area contributed by atoms with Gasteiger partial charge in [0, 0.05) is 24.9 Å². The van der Waals surface area contributed by atoms with Gasteiger partial charge in [0.15, 0.2) is 5.96 Å². The van der Waals surface area contributed by atoms with Crippen molar-refractivity contribution in [3.63, 3.8) is 0 Å². The number of benzene rings is 2. The second-order valence-electron chi connectivity index (χ2n) is 6.76. The number of aliphatic hydroxyl groups excluding tert-OH is 1. The van der Waals surface area contributed by atoms with Crippen LogP contribution in [0.2, 0.25) is 0 Å². The van der Waals surface area contributed by atoms with Crippen LogP contribution in [0.3, 0.4) is 0 Å². The number of nitrogens with zero attached hydrogens (tertiary/aromatic N) is 1. The van der Waals surface area contributed by atoms with Crippen LogP contribution in [0, 0.1) is 0 Å². The summed E-state index contributed by atoms with van der Waals surface area (Å²) in [5, 5.41) is 16.5. The van der Waals surface area contributed by atoms with Gasteiger partial charge in [-0.05, 0) is 30.5 Å². The Morgan fingerprint density at radius 2 is 1.89 bits per heavy atom. The standard InChI is InChI=1S/C22H29N3O2.HI/c1-2-23-22(25-15-19(16-26)17-8-4-3-5-9-17)24-14-18-12-13-27-21-11-7-6-10-20(18)21;/h3-11,18-19,26H,2,12-16H2,1H3,(H2,23,24,25);1H. The Kier molecular flexibility index (Phi) is 9.57. The summed E-state index contributed by atoms with van der Waals surface area (Å²) in [6.07, 6.45) is 0.993. The molecule has 0 spiro atoms. The number of guanidine groups is 1. The van der Waals surface area contributed by atoms with Gasteiger partial charge in [-0.15, -0.1) is 24.0 Å². The van der Waals surface area contributed by atoms with Gasteiger partial charge in [-0.2, -0.15) is 0 Å². The zero-order chi connectivity index (χ0) is 18.9. The molecule has 0 radical (unpaired) electrons. The summed E-state index contributed by atoms with van der Waals surface area (Å²) >= 11 is 0. The summed E-state index contributed by atoms with van der Waals surface area (Å²) in [4.78, 5) is 4.70. The summed E-state index contributed by atoms with van der Waals surface area (Å²) in [5.74, 6) is 2.18. The lowest BCUT2D eigenvalue weighted by Crippen LogP contribution is -2.40. The van der Waals surface area contributed by atoms with Crippen molar-refractivity contribution in [1.82, 2.24) is 10.6 Å². The van der Waals surface area contributed by atoms with Gasteiger partial charge in [-0.3, -0.25) is 4.99 Å². The first-order valence-electron chi connectivity index (χ1n) is 9.71. The molecule has 152 valence electrons. The van der Waals surface area contributed by atoms with E-state index in [1.165, 1.54) is 5.56 Å². The van der Waals surface area contributed by atoms with Gasteiger partial charge in [0.05, 0.1) is 19.8 Å². The lowest BCUT2D eigenvalue weighted by atomic mass is 9.93. The normalized spacial score (nSPS) is 16.9. The number of ether oxygens (including phenoxy) is 1. The fourth-order valence-electron chi connectivity index (χ4n) is 3.38. The van der Waals surface area contributed by atoms with E-state index in [9.17, 15) is 5.11 Å². The van der Waals surface area contributed by atoms with Gasteiger partial charge in [-0.1, -0.05) is 48.5 Å². The van der Waals surface area contributed by atoms with E-state index in [0.29, 0.717) is 12.5 Å². The smallest absolute Gasteiger partial charge is 0.191 e. The Labute approximate surface area is 184 Å². The highest BCUT2D eigenvalue weighted by Crippen LogP contribution is 2.32. The largest absolute Gasteiger partial charge is 0.493 e. The molecule has 0 saturated carbocycles. The third kappa shape index (κ3) is 6.10. The van der Waals surface area contributed by atoms with E-state index in [-0.39, 0.29) is 36.5 Å². The number of fused-ring (bicyclic) bond motifs is 1. The third-order valence-corrected chi connectivity index (χ3v) is 4.90. The molecule has 1 heterocycles. The summed E-state index contributed by atoms with van der Waals surface area (Å²) in [6.45, 7) is 5.03. The average Bonchev–Trinajstić information content (AvgIpc) is 2.73. The number of hydrogen-bond acceptors (Lipinski definition) is 3. The van der Waals surface area contributed by atoms with Crippen LogP contribution in [0.15, 0.2) is 59.6 Å². The number of hydrogen-bond donors (Lipinski definition) is 3. The third-order valence-electron chi connectivity index (χ3n) is 4.90. The molecule has 0 aromatic heterocycles. The van der Waals surface area contributed by atoms with E-state index in [1.54, 1.807) is 0 Å². The van der Waals surface area contributed by atoms with Crippen molar-refractivity contribution in [3.05, 3.63) is 65.7 Å². The number of para-hydroxylation sites is 1. The lowest BCUT2D eigenvalue weighted by Gasteiger charge is -2.26. The first-order chi connectivity index (χ1) is 13.3. The highest BCUT2D eigenvalue weighted by Gasteiger charge is 2.21. The zero-order valence-electron chi connectivity index (χ0n) is 16.3. The number of halogens is 1. The lowest BCUT2D eigenvalue weighted by molar-refractivity contribution is 0.266. The molecule has 0 saturated heterocycles. The van der Waals surface area contributed by atoms with Crippen molar-refractivity contribution in [2.24, 2.45) is 4.99 Å². The maximum atomic E-state index is 9.74. The van der Waals surface area contributed by atoms with Gasteiger partial charge < -0.3 is 20.5 Å². The second-order valence-corrected chi connectivity index (χ2v) is 6.76. The van der Waals surface area contributed by atoms with E-state index < -0.39 is 0 Å². The molecule has 0 bridgehead atoms. The molecule has 2 aromatic rings. The molecule has 5 nitrogen and oxygen atoms in total. The topological polar surface area (TPSA) is 65.9 Å². The van der Waals surface area contributed by atoms with Crippen LogP contribution in [0.25, 0.3) is 0 Å². The Morgan fingerprint density at radius 3 is 2.64 bits per heavy atom. The number of aliphatic hydroxyl groups is 1. The molecule has 0 amide bonds. The van der Waals surface area contributed by atoms with E-state index in [0.717, 1.165) is 43.4 Å². The van der Waals surface area contributed by atoms with Crippen molar-refractivity contribution in [2.45, 2.75) is 25.2 Å². The monoisotopic (exact) mass is 495 g/mol. The highest BCUT2D eigenvalue weighted by atomic mass is 127. The minimum absolute atomic E-state index is 0. The number of aliphatic imine (C=N–C) groups is 1. The molecule has 0 fully saturated rings. The van der Waals surface area contributed by atoms with Gasteiger partial charge >= 0.3 is 0 Å². The molecule has 3 rings (SSSR count). The molecule has 2 unspecified atom stereocenters. The Balaban J connectivity index is 0.00000280. The average molecular weight is 495 g/mol. The number of nitrogens with one attached hydrogen (secondary N) is 2. The summed E-state index contributed by atoms with van der Waals surface area (Å²) in [5.41, 5.74) is 2.36. The van der Waals surface area contributed by atoms with E-state index >= 15 is 0 Å². The molecule has 3 N–H and O–H groups in total. The van der Waals surface area contributed by atoms with E-state index in [4.69, 9.17) is 9.73 Å². The molecule has 1 aliphatic heterocycles. The van der Waals surface area contributed by atoms with Crippen LogP contribution >= 0.6 is 24.0 Å². The van der Waals surface area contributed by atoms with Crippen LogP contribution in [0.5, 0.6) is 5.75 Å². The predicted octanol–water partition coefficient (Wildman–Crippen LogP) is 3.50. The summed E-state index contributed by atoms with van der Waals surface area (Å²) in [7, 11) is 0. The molecule has 0 aliphatic carbocycles. The maximum absolute atomic E-state index is 9.74. The van der Waals surface area contributed by atoms with Crippen LogP contribution < -0.4 is 15.4 Å². The SMILES string of the molecule is CCNC(=NCC(CO)c1ccccc1)NCC1CCOc2ccccc21.I. The molecule has 1 aliphatic rings. The number of rotatable bonds is 7. The minimum Gasteiger partial charge on any atom is -0.493 e. The molecule has 2 atom stereocenters. The quantitative estimate of drug-likeness (QED) is 0.313. The maximum Gasteiger partial charge on any atom is 0.191 e. The second kappa shape index (κ2) is 11.9. The van der Waals surface area contributed by atoms with Crippen LogP contribution in [-0.2, 0) is 0 Å². The zero-order valence-corrected chi connectivity index (χ0v) is 18.6. The fourth-order valence-corrected chi connectivity index (χ4v) is 3.38. The minimum atomic E-state index is 0. The van der Waals surface area contributed by atoms with Crippen LogP contribution in [0.4, 0.5) is 0 Å². The Bertz CT molecular complexity index is 740. The van der Waals surface area contributed by atoms with Gasteiger partial charge in [0.2, 0.25) is 0 Å². The van der Waals surface area contributed by atoms with Gasteiger partial charge in [0.1, 0.15) is 5.75 Å². The van der Waals surface area contributed by atoms with Crippen LogP contribution in [0.1, 0.15) is 36.3 Å². The van der Waals surface area contributed by atoms with Crippen molar-refractivity contribution >= 4 is 29.9 Å². The van der Waals surface area contributed by atoms with Crippen molar-refractivity contribution < 1.29 is 9.84 Å². The van der Waals surface area contributed by atoms with E-state index in [2.05, 4.69) is 29.7 Å². The first-order valence-corrected chi connectivity index (χ1v) is 9.71. The molecule has 28 heavy (non-hydrogen) atoms. The van der Waals surface area contributed by atoms with Crippen molar-refractivity contribution in [2.75, 3.05) is 32.8 Å². The molecular weight excluding hydrogens is 465 g/mol. The first kappa shape index (κ1) is 22.5. The highest BCUT2D eigenvalue weighted by molar-refractivity contribution is 14.0. The predicted molar refractivity (Wildman–Crippen MR) is 125 cm³/mol. The van der Waals surface area contributed by atoms with Crippen molar-refractivity contribution in [1.29, 1.82) is 0 Å². The summed E-state index contributed by atoms with van der Waals surface area (Å²) in [6, 6.07) is 18.3. The van der Waals surface area contributed by atoms with Crippen LogP contribution in [-0.4, -0.2) is 43.9 Å². The molecule has 2 aromatic carbocycles. The van der Waals surface area contributed by atoms with E-state index in [1.807, 2.05) is 42.5 Å².